The first-order valence-electron chi connectivity index (χ1n) is 9.05. The molecule has 1 aliphatic rings. The minimum Gasteiger partial charge on any atom is -0.507 e. The van der Waals surface area contributed by atoms with Crippen LogP contribution in [0.25, 0.3) is 6.08 Å². The van der Waals surface area contributed by atoms with Crippen molar-refractivity contribution in [3.63, 3.8) is 0 Å². The molecule has 152 valence electrons. The highest BCUT2D eigenvalue weighted by molar-refractivity contribution is 7.07. The maximum Gasteiger partial charge on any atom is 0.338 e. The molecule has 8 heteroatoms. The number of nitrogens with zero attached hydrogens (tertiary/aromatic N) is 2. The lowest BCUT2D eigenvalue weighted by atomic mass is 9.96. The van der Waals surface area contributed by atoms with Crippen LogP contribution in [-0.4, -0.2) is 22.8 Å². The van der Waals surface area contributed by atoms with E-state index in [1.54, 1.807) is 25.1 Å². The maximum atomic E-state index is 13.4. The summed E-state index contributed by atoms with van der Waals surface area (Å²) < 4.78 is 6.83. The van der Waals surface area contributed by atoms with Crippen LogP contribution in [0.5, 0.6) is 5.75 Å². The number of hydrogen-bond donors (Lipinski definition) is 1. The molecule has 1 unspecified atom stereocenters. The van der Waals surface area contributed by atoms with Crippen LogP contribution in [0.3, 0.4) is 0 Å². The molecule has 2 heterocycles. The number of halogens is 1. The quantitative estimate of drug-likeness (QED) is 0.635. The number of phenols is 1. The highest BCUT2D eigenvalue weighted by Crippen LogP contribution is 2.30. The van der Waals surface area contributed by atoms with Crippen molar-refractivity contribution in [2.75, 3.05) is 7.11 Å². The third-order valence-electron chi connectivity index (χ3n) is 4.82. The van der Waals surface area contributed by atoms with Crippen LogP contribution < -0.4 is 14.9 Å². The van der Waals surface area contributed by atoms with Crippen LogP contribution in [0.4, 0.5) is 0 Å². The third kappa shape index (κ3) is 3.46. The van der Waals surface area contributed by atoms with E-state index in [0.29, 0.717) is 31.2 Å². The molecule has 1 atom stereocenters. The van der Waals surface area contributed by atoms with Gasteiger partial charge in [-0.2, -0.15) is 0 Å². The summed E-state index contributed by atoms with van der Waals surface area (Å²) in [5.74, 6) is -0.525. The maximum absolute atomic E-state index is 13.4. The molecule has 30 heavy (non-hydrogen) atoms. The fourth-order valence-electron chi connectivity index (χ4n) is 3.43. The van der Waals surface area contributed by atoms with Crippen LogP contribution in [0.15, 0.2) is 69.6 Å². The summed E-state index contributed by atoms with van der Waals surface area (Å²) in [6, 6.07) is 13.2. The predicted molar refractivity (Wildman–Crippen MR) is 115 cm³/mol. The molecule has 1 aromatic heterocycles. The van der Waals surface area contributed by atoms with E-state index >= 15 is 0 Å². The van der Waals surface area contributed by atoms with Crippen molar-refractivity contribution in [1.29, 1.82) is 0 Å². The van der Waals surface area contributed by atoms with Gasteiger partial charge in [-0.3, -0.25) is 9.36 Å². The predicted octanol–water partition coefficient (Wildman–Crippen LogP) is 2.77. The molecule has 2 aromatic carbocycles. The SMILES string of the molecule is COC(=O)C1=C(C)N=c2sc(=Cc3cc(Cl)ccc3O)c(=O)n2C1c1ccccc1. The molecule has 0 aliphatic carbocycles. The number of benzene rings is 2. The molecule has 3 aromatic rings. The number of allylic oxidation sites excluding steroid dienone is 1. The number of fused-ring (bicyclic) bond motifs is 1. The zero-order chi connectivity index (χ0) is 21.4. The van der Waals surface area contributed by atoms with E-state index in [1.165, 1.54) is 29.1 Å². The van der Waals surface area contributed by atoms with E-state index in [-0.39, 0.29) is 11.3 Å². The summed E-state index contributed by atoms with van der Waals surface area (Å²) in [5.41, 5.74) is 1.68. The van der Waals surface area contributed by atoms with E-state index in [9.17, 15) is 14.7 Å². The van der Waals surface area contributed by atoms with Crippen molar-refractivity contribution < 1.29 is 14.6 Å². The van der Waals surface area contributed by atoms with E-state index in [2.05, 4.69) is 4.99 Å². The summed E-state index contributed by atoms with van der Waals surface area (Å²) in [4.78, 5) is 30.9. The highest BCUT2D eigenvalue weighted by atomic mass is 35.5. The van der Waals surface area contributed by atoms with Crippen molar-refractivity contribution in [1.82, 2.24) is 4.57 Å². The minimum absolute atomic E-state index is 0.0104. The molecule has 1 N–H and O–H groups in total. The third-order valence-corrected chi connectivity index (χ3v) is 6.04. The number of phenolic OH excluding ortho intramolecular Hbond substituents is 1. The molecular weight excluding hydrogens is 424 g/mol. The first kappa shape index (κ1) is 20.1. The summed E-state index contributed by atoms with van der Waals surface area (Å²) in [5, 5.41) is 10.6. The summed E-state index contributed by atoms with van der Waals surface area (Å²) >= 11 is 7.21. The van der Waals surface area contributed by atoms with Crippen molar-refractivity contribution in [2.24, 2.45) is 4.99 Å². The average molecular weight is 441 g/mol. The average Bonchev–Trinajstić information content (AvgIpc) is 3.04. The number of methoxy groups -OCH3 is 1. The van der Waals surface area contributed by atoms with E-state index < -0.39 is 12.0 Å². The Labute approximate surface area is 180 Å². The Hall–Kier alpha value is -3.16. The van der Waals surface area contributed by atoms with Crippen molar-refractivity contribution in [2.45, 2.75) is 13.0 Å². The first-order chi connectivity index (χ1) is 14.4. The molecule has 0 saturated carbocycles. The molecule has 0 bridgehead atoms. The van der Waals surface area contributed by atoms with Gasteiger partial charge in [0.2, 0.25) is 0 Å². The van der Waals surface area contributed by atoms with Crippen molar-refractivity contribution >= 4 is 35.0 Å². The van der Waals surface area contributed by atoms with Gasteiger partial charge in [-0.15, -0.1) is 0 Å². The van der Waals surface area contributed by atoms with Crippen LogP contribution in [0.2, 0.25) is 5.02 Å². The van der Waals surface area contributed by atoms with Crippen LogP contribution in [0, 0.1) is 0 Å². The van der Waals surface area contributed by atoms with Gasteiger partial charge >= 0.3 is 5.97 Å². The Morgan fingerprint density at radius 1 is 1.27 bits per heavy atom. The van der Waals surface area contributed by atoms with Gasteiger partial charge in [0.05, 0.1) is 29.0 Å². The number of esters is 1. The number of carbonyl (C=O) groups is 1. The number of thiazole rings is 1. The normalized spacial score (nSPS) is 16.2. The first-order valence-corrected chi connectivity index (χ1v) is 10.2. The number of rotatable bonds is 3. The monoisotopic (exact) mass is 440 g/mol. The number of carbonyl (C=O) groups excluding carboxylic acids is 1. The number of ether oxygens (including phenoxy) is 1. The van der Waals surface area contributed by atoms with Crippen LogP contribution in [0.1, 0.15) is 24.1 Å². The molecule has 0 spiro atoms. The second-order valence-corrected chi connectivity index (χ2v) is 8.13. The van der Waals surface area contributed by atoms with E-state index in [0.717, 1.165) is 5.56 Å². The van der Waals surface area contributed by atoms with Gasteiger partial charge in [-0.05, 0) is 36.8 Å². The summed E-state index contributed by atoms with van der Waals surface area (Å²) in [7, 11) is 1.30. The second-order valence-electron chi connectivity index (χ2n) is 6.69. The number of aromatic nitrogens is 1. The van der Waals surface area contributed by atoms with Crippen molar-refractivity contribution in [3.05, 3.63) is 95.6 Å². The van der Waals surface area contributed by atoms with Gasteiger partial charge in [0.1, 0.15) is 5.75 Å². The van der Waals surface area contributed by atoms with E-state index in [4.69, 9.17) is 16.3 Å². The topological polar surface area (TPSA) is 80.9 Å². The Morgan fingerprint density at radius 2 is 2.00 bits per heavy atom. The second kappa shape index (κ2) is 7.93. The van der Waals surface area contributed by atoms with Gasteiger partial charge < -0.3 is 9.84 Å². The molecule has 0 amide bonds. The molecule has 0 saturated heterocycles. The van der Waals surface area contributed by atoms with Crippen LogP contribution in [-0.2, 0) is 9.53 Å². The zero-order valence-corrected chi connectivity index (χ0v) is 17.7. The molecular formula is C22H17ClN2O4S. The fourth-order valence-corrected chi connectivity index (χ4v) is 4.64. The lowest BCUT2D eigenvalue weighted by Crippen LogP contribution is -2.39. The molecule has 0 fully saturated rings. The fraction of sp³-hybridized carbons (Fsp3) is 0.136. The molecule has 0 radical (unpaired) electrons. The van der Waals surface area contributed by atoms with E-state index in [1.807, 2.05) is 30.3 Å². The van der Waals surface area contributed by atoms with Gasteiger partial charge in [-0.1, -0.05) is 53.3 Å². The van der Waals surface area contributed by atoms with Crippen molar-refractivity contribution in [3.8, 4) is 5.75 Å². The summed E-state index contributed by atoms with van der Waals surface area (Å²) in [6.07, 6.45) is 1.57. The zero-order valence-electron chi connectivity index (χ0n) is 16.1. The lowest BCUT2D eigenvalue weighted by Gasteiger charge is -2.24. The Kier molecular flexibility index (Phi) is 5.32. The Bertz CT molecular complexity index is 1360. The Balaban J connectivity index is 2.00. The molecule has 1 aliphatic heterocycles. The van der Waals surface area contributed by atoms with Gasteiger partial charge in [0.15, 0.2) is 4.80 Å². The van der Waals surface area contributed by atoms with Gasteiger partial charge in [0.25, 0.3) is 5.56 Å². The summed E-state index contributed by atoms with van der Waals surface area (Å²) in [6.45, 7) is 1.72. The van der Waals surface area contributed by atoms with Gasteiger partial charge in [0, 0.05) is 10.6 Å². The minimum atomic E-state index is -0.662. The molecule has 6 nitrogen and oxygen atoms in total. The van der Waals surface area contributed by atoms with Crippen LogP contribution >= 0.6 is 22.9 Å². The lowest BCUT2D eigenvalue weighted by molar-refractivity contribution is -0.136. The number of aromatic hydroxyl groups is 1. The van der Waals surface area contributed by atoms with Gasteiger partial charge in [-0.25, -0.2) is 9.79 Å². The smallest absolute Gasteiger partial charge is 0.338 e. The number of hydrogen-bond acceptors (Lipinski definition) is 6. The standard InChI is InChI=1S/C22H17ClN2O4S/c1-12-18(21(28)29-2)19(13-6-4-3-5-7-13)25-20(27)17(30-22(25)24-12)11-14-10-15(23)8-9-16(14)26/h3-11,19,26H,1-2H3. The highest BCUT2D eigenvalue weighted by Gasteiger charge is 2.32. The molecule has 4 rings (SSSR count). The largest absolute Gasteiger partial charge is 0.507 e. The Morgan fingerprint density at radius 3 is 2.70 bits per heavy atom.